The van der Waals surface area contributed by atoms with Gasteiger partial charge in [-0.1, -0.05) is 11.6 Å². The summed E-state index contributed by atoms with van der Waals surface area (Å²) in [5.74, 6) is 0.653. The number of methoxy groups -OCH3 is 1. The van der Waals surface area contributed by atoms with Gasteiger partial charge in [0.25, 0.3) is 0 Å². The number of rotatable bonds is 3. The third kappa shape index (κ3) is 2.13. The smallest absolute Gasteiger partial charge is 0.235 e. The number of benzene rings is 1. The minimum atomic E-state index is -0.473. The van der Waals surface area contributed by atoms with Crippen molar-refractivity contribution in [3.63, 3.8) is 0 Å². The van der Waals surface area contributed by atoms with Crippen molar-refractivity contribution >= 4 is 33.6 Å². The van der Waals surface area contributed by atoms with Crippen molar-refractivity contribution in [1.82, 2.24) is 0 Å². The summed E-state index contributed by atoms with van der Waals surface area (Å²) in [5.41, 5.74) is 0.426. The summed E-state index contributed by atoms with van der Waals surface area (Å²) in [7, 11) is 1.58. The highest BCUT2D eigenvalue weighted by molar-refractivity contribution is 9.10. The second-order valence-corrected chi connectivity index (χ2v) is 5.29. The Bertz CT molecular complexity index is 494. The van der Waals surface area contributed by atoms with Crippen LogP contribution in [0.3, 0.4) is 0 Å². The molecule has 0 aromatic heterocycles. The molecule has 0 heterocycles. The molecule has 2 rings (SSSR count). The van der Waals surface area contributed by atoms with Gasteiger partial charge in [-0.15, -0.1) is 0 Å². The van der Waals surface area contributed by atoms with Crippen LogP contribution in [0.15, 0.2) is 21.6 Å². The van der Waals surface area contributed by atoms with Crippen LogP contribution in [-0.4, -0.2) is 13.2 Å². The third-order valence-electron chi connectivity index (χ3n) is 3.17. The second-order valence-electron chi connectivity index (χ2n) is 4.06. The molecule has 0 radical (unpaired) electrons. The molecule has 0 N–H and O–H groups in total. The van der Waals surface area contributed by atoms with Gasteiger partial charge in [0.1, 0.15) is 5.75 Å². The molecule has 3 nitrogen and oxygen atoms in total. The van der Waals surface area contributed by atoms with Crippen LogP contribution in [-0.2, 0) is 10.3 Å². The lowest BCUT2D eigenvalue weighted by Gasteiger charge is -2.38. The van der Waals surface area contributed by atoms with Crippen LogP contribution in [0.25, 0.3) is 0 Å². The monoisotopic (exact) mass is 315 g/mol. The summed E-state index contributed by atoms with van der Waals surface area (Å²) < 4.78 is 6.05. The number of carbonyl (C=O) groups excluding carboxylic acids is 1. The quantitative estimate of drug-likeness (QED) is 0.628. The maximum Gasteiger partial charge on any atom is 0.235 e. The highest BCUT2D eigenvalue weighted by atomic mass is 79.9. The molecule has 0 amide bonds. The molecule has 90 valence electrons. The second kappa shape index (κ2) is 4.81. The molecular weight excluding hydrogens is 305 g/mol. The Morgan fingerprint density at radius 2 is 2.24 bits per heavy atom. The largest absolute Gasteiger partial charge is 0.496 e. The van der Waals surface area contributed by atoms with E-state index in [1.165, 1.54) is 0 Å². The number of halogens is 2. The molecule has 0 atom stereocenters. The fraction of sp³-hybridized carbons (Fsp3) is 0.417. The number of hydrogen-bond donors (Lipinski definition) is 0. The van der Waals surface area contributed by atoms with Crippen molar-refractivity contribution in [3.05, 3.63) is 27.2 Å². The fourth-order valence-corrected chi connectivity index (χ4v) is 3.06. The standard InChI is InChI=1S/C12H11BrClNO2/c1-17-10-6-8(14)5-9(11(10)13)12(15-7-16)3-2-4-12/h5-6H,2-4H2,1H3. The normalized spacial score (nSPS) is 16.9. The van der Waals surface area contributed by atoms with E-state index in [1.807, 2.05) is 6.07 Å². The minimum absolute atomic E-state index is 0.473. The van der Waals surface area contributed by atoms with E-state index < -0.39 is 5.54 Å². The predicted octanol–water partition coefficient (Wildman–Crippen LogP) is 3.83. The summed E-state index contributed by atoms with van der Waals surface area (Å²) in [6.07, 6.45) is 4.39. The van der Waals surface area contributed by atoms with E-state index >= 15 is 0 Å². The van der Waals surface area contributed by atoms with Crippen LogP contribution in [0.2, 0.25) is 5.02 Å². The van der Waals surface area contributed by atoms with Crippen LogP contribution >= 0.6 is 27.5 Å². The van der Waals surface area contributed by atoms with Gasteiger partial charge in [0.2, 0.25) is 6.08 Å². The van der Waals surface area contributed by atoms with Crippen LogP contribution in [0, 0.1) is 0 Å². The van der Waals surface area contributed by atoms with Gasteiger partial charge < -0.3 is 4.74 Å². The highest BCUT2D eigenvalue weighted by Crippen LogP contribution is 2.49. The molecule has 1 aromatic rings. The fourth-order valence-electron chi connectivity index (χ4n) is 2.09. The van der Waals surface area contributed by atoms with Gasteiger partial charge in [0.15, 0.2) is 0 Å². The van der Waals surface area contributed by atoms with Gasteiger partial charge in [-0.3, -0.25) is 0 Å². The number of aliphatic imine (C=N–C) groups is 1. The number of hydrogen-bond acceptors (Lipinski definition) is 3. The Morgan fingerprint density at radius 3 is 2.71 bits per heavy atom. The molecule has 0 saturated heterocycles. The first kappa shape index (κ1) is 12.6. The van der Waals surface area contributed by atoms with E-state index in [4.69, 9.17) is 16.3 Å². The van der Waals surface area contributed by atoms with Crippen LogP contribution in [0.4, 0.5) is 0 Å². The summed E-state index contributed by atoms with van der Waals surface area (Å²) >= 11 is 9.53. The summed E-state index contributed by atoms with van der Waals surface area (Å²) in [6, 6.07) is 3.56. The van der Waals surface area contributed by atoms with Crippen LogP contribution < -0.4 is 4.74 Å². The van der Waals surface area contributed by atoms with Gasteiger partial charge in [0.05, 0.1) is 17.1 Å². The topological polar surface area (TPSA) is 38.7 Å². The first-order valence-electron chi connectivity index (χ1n) is 5.25. The van der Waals surface area contributed by atoms with Crippen LogP contribution in [0.1, 0.15) is 24.8 Å². The van der Waals surface area contributed by atoms with Crippen LogP contribution in [0.5, 0.6) is 5.75 Å². The Hall–Kier alpha value is -0.830. The maximum absolute atomic E-state index is 10.6. The third-order valence-corrected chi connectivity index (χ3v) is 4.20. The molecule has 0 aliphatic heterocycles. The Balaban J connectivity index is 2.58. The van der Waals surface area contributed by atoms with Gasteiger partial charge >= 0.3 is 0 Å². The van der Waals surface area contributed by atoms with Crippen molar-refractivity contribution in [2.45, 2.75) is 24.8 Å². The zero-order valence-corrected chi connectivity index (χ0v) is 11.6. The Labute approximate surface area is 113 Å². The summed E-state index contributed by atoms with van der Waals surface area (Å²) in [5, 5.41) is 0.576. The lowest BCUT2D eigenvalue weighted by Crippen LogP contribution is -2.32. The van der Waals surface area contributed by atoms with Crippen molar-refractivity contribution in [3.8, 4) is 5.75 Å². The molecular formula is C12H11BrClNO2. The van der Waals surface area contributed by atoms with Crippen molar-refractivity contribution < 1.29 is 9.53 Å². The van der Waals surface area contributed by atoms with E-state index in [0.29, 0.717) is 10.8 Å². The minimum Gasteiger partial charge on any atom is -0.496 e. The van der Waals surface area contributed by atoms with Crippen molar-refractivity contribution in [2.75, 3.05) is 7.11 Å². The molecule has 0 unspecified atom stereocenters. The van der Waals surface area contributed by atoms with Gasteiger partial charge in [-0.2, -0.15) is 4.99 Å². The number of nitrogens with zero attached hydrogens (tertiary/aromatic N) is 1. The van der Waals surface area contributed by atoms with Gasteiger partial charge in [0, 0.05) is 5.02 Å². The van der Waals surface area contributed by atoms with Gasteiger partial charge in [-0.25, -0.2) is 4.79 Å². The molecule has 1 aliphatic rings. The lowest BCUT2D eigenvalue weighted by molar-refractivity contribution is 0.253. The number of ether oxygens (including phenoxy) is 1. The molecule has 0 spiro atoms. The molecule has 1 aliphatic carbocycles. The zero-order chi connectivity index (χ0) is 12.5. The summed E-state index contributed by atoms with van der Waals surface area (Å²) in [6.45, 7) is 0. The molecule has 17 heavy (non-hydrogen) atoms. The molecule has 5 heteroatoms. The first-order chi connectivity index (χ1) is 8.13. The average molecular weight is 317 g/mol. The number of isocyanates is 1. The van der Waals surface area contributed by atoms with Crippen molar-refractivity contribution in [2.24, 2.45) is 4.99 Å². The SMILES string of the molecule is COc1cc(Cl)cc(C2(N=C=O)CCC2)c1Br. The maximum atomic E-state index is 10.6. The van der Waals surface area contributed by atoms with Crippen molar-refractivity contribution in [1.29, 1.82) is 0 Å². The average Bonchev–Trinajstić information content (AvgIpc) is 2.26. The Morgan fingerprint density at radius 1 is 1.53 bits per heavy atom. The van der Waals surface area contributed by atoms with E-state index in [2.05, 4.69) is 20.9 Å². The highest BCUT2D eigenvalue weighted by Gasteiger charge is 2.41. The lowest BCUT2D eigenvalue weighted by atomic mass is 9.72. The van der Waals surface area contributed by atoms with Gasteiger partial charge in [-0.05, 0) is 52.9 Å². The zero-order valence-electron chi connectivity index (χ0n) is 9.30. The summed E-state index contributed by atoms with van der Waals surface area (Å²) in [4.78, 5) is 14.5. The van der Waals surface area contributed by atoms with E-state index in [1.54, 1.807) is 19.3 Å². The Kier molecular flexibility index (Phi) is 3.57. The van der Waals surface area contributed by atoms with E-state index in [-0.39, 0.29) is 0 Å². The molecule has 0 bridgehead atoms. The molecule has 1 saturated carbocycles. The molecule has 1 aromatic carbocycles. The van der Waals surface area contributed by atoms with E-state index in [9.17, 15) is 4.79 Å². The predicted molar refractivity (Wildman–Crippen MR) is 69.4 cm³/mol. The van der Waals surface area contributed by atoms with E-state index in [0.717, 1.165) is 29.3 Å². The first-order valence-corrected chi connectivity index (χ1v) is 6.42. The molecule has 1 fully saturated rings.